The van der Waals surface area contributed by atoms with Crippen molar-refractivity contribution in [2.24, 2.45) is 0 Å². The lowest BCUT2D eigenvalue weighted by molar-refractivity contribution is 0.0303. The van der Waals surface area contributed by atoms with Crippen LogP contribution in [-0.4, -0.2) is 96.8 Å². The van der Waals surface area contributed by atoms with Crippen molar-refractivity contribution in [3.8, 4) is 11.4 Å². The third kappa shape index (κ3) is 5.52. The summed E-state index contributed by atoms with van der Waals surface area (Å²) >= 11 is 0. The summed E-state index contributed by atoms with van der Waals surface area (Å²) < 4.78 is 18.8. The van der Waals surface area contributed by atoms with Gasteiger partial charge >= 0.3 is 6.03 Å². The van der Waals surface area contributed by atoms with Gasteiger partial charge in [0.1, 0.15) is 11.9 Å². The fourth-order valence-corrected chi connectivity index (χ4v) is 4.96. The van der Waals surface area contributed by atoms with E-state index in [4.69, 9.17) is 29.3 Å². The number of nitrogens with one attached hydrogen (secondary N) is 2. The molecule has 2 unspecified atom stereocenters. The van der Waals surface area contributed by atoms with Crippen LogP contribution in [0, 0.1) is 0 Å². The van der Waals surface area contributed by atoms with Crippen LogP contribution in [0.5, 0.6) is 0 Å². The Morgan fingerprint density at radius 2 is 1.84 bits per heavy atom. The Balaban J connectivity index is 1.52. The minimum absolute atomic E-state index is 0.120. The zero-order chi connectivity index (χ0) is 25.8. The Morgan fingerprint density at radius 3 is 2.49 bits per heavy atom. The van der Waals surface area contributed by atoms with E-state index in [9.17, 15) is 4.79 Å². The molecule has 5 rings (SSSR count). The quantitative estimate of drug-likeness (QED) is 0.372. The van der Waals surface area contributed by atoms with Crippen molar-refractivity contribution in [2.45, 2.75) is 31.1 Å². The van der Waals surface area contributed by atoms with Gasteiger partial charge in [0.2, 0.25) is 0 Å². The van der Waals surface area contributed by atoms with Crippen molar-refractivity contribution in [1.82, 2.24) is 25.1 Å². The maximum atomic E-state index is 11.9. The Hall–Kier alpha value is -3.32. The second kappa shape index (κ2) is 11.4. The van der Waals surface area contributed by atoms with E-state index >= 15 is 0 Å². The molecule has 0 aliphatic carbocycles. The lowest BCUT2D eigenvalue weighted by Crippen LogP contribution is -2.43. The molecular formula is C25H33N7O5. The van der Waals surface area contributed by atoms with Gasteiger partial charge in [-0.25, -0.2) is 19.4 Å². The third-order valence-corrected chi connectivity index (χ3v) is 6.64. The number of ether oxygens (including phenoxy) is 3. The van der Waals surface area contributed by atoms with Crippen molar-refractivity contribution in [1.29, 1.82) is 0 Å². The molecule has 2 atom stereocenters. The SMILES string of the molecule is COCC(COC)n1ncc2c(N3CC4CCC(C3)O4)nc(-c3ccc(NC(=O)NCCO)cc3)nc21. The molecule has 2 aliphatic heterocycles. The molecule has 3 N–H and O–H groups in total. The van der Waals surface area contributed by atoms with E-state index in [0.717, 1.165) is 42.7 Å². The maximum absolute atomic E-state index is 11.9. The maximum Gasteiger partial charge on any atom is 0.319 e. The molecule has 2 aromatic heterocycles. The van der Waals surface area contributed by atoms with Gasteiger partial charge < -0.3 is 34.9 Å². The molecule has 2 saturated heterocycles. The largest absolute Gasteiger partial charge is 0.395 e. The van der Waals surface area contributed by atoms with Crippen molar-refractivity contribution >= 4 is 28.6 Å². The van der Waals surface area contributed by atoms with Crippen LogP contribution >= 0.6 is 0 Å². The summed E-state index contributed by atoms with van der Waals surface area (Å²) in [7, 11) is 3.31. The van der Waals surface area contributed by atoms with E-state index in [0.29, 0.717) is 30.4 Å². The summed E-state index contributed by atoms with van der Waals surface area (Å²) in [5, 5.41) is 19.7. The Labute approximate surface area is 214 Å². The van der Waals surface area contributed by atoms with Gasteiger partial charge in [0, 0.05) is 45.1 Å². The van der Waals surface area contributed by atoms with Gasteiger partial charge in [-0.2, -0.15) is 5.10 Å². The molecule has 1 aromatic carbocycles. The molecule has 12 heteroatoms. The van der Waals surface area contributed by atoms with Crippen LogP contribution in [0.2, 0.25) is 0 Å². The zero-order valence-corrected chi connectivity index (χ0v) is 21.1. The minimum Gasteiger partial charge on any atom is -0.395 e. The second-order valence-electron chi connectivity index (χ2n) is 9.31. The molecular weight excluding hydrogens is 478 g/mol. The number of carbonyl (C=O) groups is 1. The Morgan fingerprint density at radius 1 is 1.14 bits per heavy atom. The van der Waals surface area contributed by atoms with Crippen LogP contribution in [-0.2, 0) is 14.2 Å². The highest BCUT2D eigenvalue weighted by molar-refractivity contribution is 5.90. The number of rotatable bonds is 10. The highest BCUT2D eigenvalue weighted by Crippen LogP contribution is 2.34. The number of hydrogen-bond donors (Lipinski definition) is 3. The smallest absolute Gasteiger partial charge is 0.319 e. The lowest BCUT2D eigenvalue weighted by Gasteiger charge is -2.33. The van der Waals surface area contributed by atoms with E-state index < -0.39 is 0 Å². The molecule has 37 heavy (non-hydrogen) atoms. The monoisotopic (exact) mass is 511 g/mol. The van der Waals surface area contributed by atoms with E-state index in [2.05, 4.69) is 20.6 Å². The van der Waals surface area contributed by atoms with E-state index in [1.165, 1.54) is 0 Å². The van der Waals surface area contributed by atoms with Gasteiger partial charge in [-0.1, -0.05) is 0 Å². The first-order valence-electron chi connectivity index (χ1n) is 12.5. The first-order valence-corrected chi connectivity index (χ1v) is 12.5. The van der Waals surface area contributed by atoms with Gasteiger partial charge in [-0.3, -0.25) is 0 Å². The average molecular weight is 512 g/mol. The standard InChI is InChI=1S/C25H33N7O5/c1-35-14-18(15-36-2)32-24-21(11-27-32)23(31-12-19-7-8-20(13-31)37-19)29-22(30-24)16-3-5-17(6-4-16)28-25(34)26-9-10-33/h3-6,11,18-20,33H,7-10,12-15H2,1-2H3,(H2,26,28,34). The van der Waals surface area contributed by atoms with Crippen molar-refractivity contribution in [3.05, 3.63) is 30.5 Å². The summed E-state index contributed by atoms with van der Waals surface area (Å²) in [5.41, 5.74) is 2.14. The molecule has 0 spiro atoms. The molecule has 2 fully saturated rings. The van der Waals surface area contributed by atoms with Crippen LogP contribution in [0.3, 0.4) is 0 Å². The Kier molecular flexibility index (Phi) is 7.79. The average Bonchev–Trinajstić information content (AvgIpc) is 3.49. The predicted octanol–water partition coefficient (Wildman–Crippen LogP) is 1.81. The van der Waals surface area contributed by atoms with E-state index in [1.807, 2.05) is 23.0 Å². The van der Waals surface area contributed by atoms with Gasteiger partial charge in [-0.15, -0.1) is 0 Å². The molecule has 0 saturated carbocycles. The first kappa shape index (κ1) is 25.3. The number of hydrogen-bond acceptors (Lipinski definition) is 9. The van der Waals surface area contributed by atoms with Crippen LogP contribution in [0.4, 0.5) is 16.3 Å². The van der Waals surface area contributed by atoms with Crippen LogP contribution in [0.15, 0.2) is 30.5 Å². The Bertz CT molecular complexity index is 1200. The van der Waals surface area contributed by atoms with Gasteiger partial charge in [-0.05, 0) is 37.1 Å². The molecule has 3 aromatic rings. The highest BCUT2D eigenvalue weighted by Gasteiger charge is 2.35. The number of anilines is 2. The van der Waals surface area contributed by atoms with E-state index in [1.54, 1.807) is 26.4 Å². The summed E-state index contributed by atoms with van der Waals surface area (Å²) in [5.74, 6) is 1.40. The summed E-state index contributed by atoms with van der Waals surface area (Å²) in [6.07, 6.45) is 4.36. The number of morpholine rings is 1. The molecule has 2 bridgehead atoms. The van der Waals surface area contributed by atoms with Crippen molar-refractivity contribution in [3.63, 3.8) is 0 Å². The zero-order valence-electron chi connectivity index (χ0n) is 21.1. The molecule has 4 heterocycles. The number of aliphatic hydroxyl groups is 1. The number of aliphatic hydroxyl groups excluding tert-OH is 1. The first-order chi connectivity index (χ1) is 18.1. The number of amides is 2. The fraction of sp³-hybridized carbons (Fsp3) is 0.520. The summed E-state index contributed by atoms with van der Waals surface area (Å²) in [6, 6.07) is 6.82. The molecule has 198 valence electrons. The van der Waals surface area contributed by atoms with Crippen molar-refractivity contribution in [2.75, 3.05) is 63.9 Å². The van der Waals surface area contributed by atoms with Crippen LogP contribution in [0.25, 0.3) is 22.4 Å². The van der Waals surface area contributed by atoms with Crippen LogP contribution < -0.4 is 15.5 Å². The molecule has 12 nitrogen and oxygen atoms in total. The number of nitrogens with zero attached hydrogens (tertiary/aromatic N) is 5. The van der Waals surface area contributed by atoms with Gasteiger partial charge in [0.25, 0.3) is 0 Å². The van der Waals surface area contributed by atoms with Crippen LogP contribution in [0.1, 0.15) is 18.9 Å². The summed E-state index contributed by atoms with van der Waals surface area (Å²) in [6.45, 7) is 2.48. The second-order valence-corrected chi connectivity index (χ2v) is 9.31. The van der Waals surface area contributed by atoms with Gasteiger partial charge in [0.15, 0.2) is 11.5 Å². The molecule has 2 aliphatic rings. The number of urea groups is 1. The molecule has 2 amide bonds. The summed E-state index contributed by atoms with van der Waals surface area (Å²) in [4.78, 5) is 24.1. The third-order valence-electron chi connectivity index (χ3n) is 6.64. The normalized spacial score (nSPS) is 19.1. The fourth-order valence-electron chi connectivity index (χ4n) is 4.96. The predicted molar refractivity (Wildman–Crippen MR) is 138 cm³/mol. The molecule has 0 radical (unpaired) electrons. The number of methoxy groups -OCH3 is 2. The number of carbonyl (C=O) groups excluding carboxylic acids is 1. The van der Waals surface area contributed by atoms with Gasteiger partial charge in [0.05, 0.1) is 43.6 Å². The number of aromatic nitrogens is 4. The number of benzene rings is 1. The van der Waals surface area contributed by atoms with E-state index in [-0.39, 0.29) is 37.4 Å². The van der Waals surface area contributed by atoms with Crippen molar-refractivity contribution < 1.29 is 24.1 Å². The minimum atomic E-state index is -0.380. The lowest BCUT2D eigenvalue weighted by atomic mass is 10.2. The topological polar surface area (TPSA) is 136 Å². The number of fused-ring (bicyclic) bond motifs is 3. The highest BCUT2D eigenvalue weighted by atomic mass is 16.5.